The Morgan fingerprint density at radius 2 is 1.81 bits per heavy atom. The molecule has 0 aliphatic carbocycles. The number of H-pyrrole nitrogens is 1. The van der Waals surface area contributed by atoms with Crippen LogP contribution < -0.4 is 5.32 Å². The molecule has 0 bridgehead atoms. The van der Waals surface area contributed by atoms with Crippen molar-refractivity contribution in [3.8, 4) is 11.3 Å². The van der Waals surface area contributed by atoms with E-state index in [1.54, 1.807) is 12.3 Å². The molecule has 2 heterocycles. The summed E-state index contributed by atoms with van der Waals surface area (Å²) in [4.78, 5) is 33.2. The molecule has 0 spiro atoms. The van der Waals surface area contributed by atoms with Crippen LogP contribution in [0.3, 0.4) is 0 Å². The second-order valence-electron chi connectivity index (χ2n) is 6.54. The van der Waals surface area contributed by atoms with Gasteiger partial charge in [-0.05, 0) is 23.8 Å². The van der Waals surface area contributed by atoms with Gasteiger partial charge < -0.3 is 15.0 Å². The Hall–Kier alpha value is -3.36. The van der Waals surface area contributed by atoms with Gasteiger partial charge in [0.25, 0.3) is 0 Å². The summed E-state index contributed by atoms with van der Waals surface area (Å²) in [6.45, 7) is 0. The minimum atomic E-state index is -0.446. The summed E-state index contributed by atoms with van der Waals surface area (Å²) in [6.07, 6.45) is 1.69. The summed E-state index contributed by atoms with van der Waals surface area (Å²) >= 11 is 2.82. The van der Waals surface area contributed by atoms with Crippen LogP contribution in [0.25, 0.3) is 11.3 Å². The standard InChI is InChI=1S/C23H19N3O3S2/c1-29-22(28)18-12-16(13-24-18)19-14-30-23(25-19)26-21(27)20(15-8-4-2-5-9-15)31-17-10-6-3-7-11-17/h2-14,20,24H,1H3,(H,25,26,27). The van der Waals surface area contributed by atoms with Crippen molar-refractivity contribution in [2.75, 3.05) is 12.4 Å². The number of hydrogen-bond acceptors (Lipinski definition) is 6. The number of carbonyl (C=O) groups is 2. The number of nitrogens with zero attached hydrogens (tertiary/aromatic N) is 1. The zero-order valence-corrected chi connectivity index (χ0v) is 18.2. The van der Waals surface area contributed by atoms with E-state index in [0.717, 1.165) is 16.0 Å². The Balaban J connectivity index is 1.52. The molecule has 4 rings (SSSR count). The van der Waals surface area contributed by atoms with Crippen LogP contribution in [0, 0.1) is 0 Å². The highest BCUT2D eigenvalue weighted by molar-refractivity contribution is 8.00. The largest absolute Gasteiger partial charge is 0.464 e. The molecule has 0 saturated carbocycles. The maximum Gasteiger partial charge on any atom is 0.354 e. The molecule has 8 heteroatoms. The van der Waals surface area contributed by atoms with Gasteiger partial charge in [-0.25, -0.2) is 9.78 Å². The van der Waals surface area contributed by atoms with Gasteiger partial charge in [0.2, 0.25) is 5.91 Å². The van der Waals surface area contributed by atoms with E-state index in [2.05, 4.69) is 15.3 Å². The number of rotatable bonds is 7. The van der Waals surface area contributed by atoms with Crippen LogP contribution in [0.1, 0.15) is 21.3 Å². The molecule has 1 atom stereocenters. The van der Waals surface area contributed by atoms with Crippen molar-refractivity contribution in [1.82, 2.24) is 9.97 Å². The summed E-state index contributed by atoms with van der Waals surface area (Å²) in [7, 11) is 1.33. The molecule has 0 fully saturated rings. The van der Waals surface area contributed by atoms with Crippen LogP contribution in [-0.4, -0.2) is 29.0 Å². The number of amides is 1. The molecule has 4 aromatic rings. The number of anilines is 1. The number of esters is 1. The van der Waals surface area contributed by atoms with Gasteiger partial charge in [-0.3, -0.25) is 4.79 Å². The Labute approximate surface area is 187 Å². The van der Waals surface area contributed by atoms with Crippen LogP contribution in [0.5, 0.6) is 0 Å². The molecular formula is C23H19N3O3S2. The number of nitrogens with one attached hydrogen (secondary N) is 2. The van der Waals surface area contributed by atoms with E-state index in [9.17, 15) is 9.59 Å². The number of thioether (sulfide) groups is 1. The third kappa shape index (κ3) is 5.04. The maximum absolute atomic E-state index is 13.2. The van der Waals surface area contributed by atoms with Gasteiger partial charge in [0.15, 0.2) is 5.13 Å². The number of aromatic nitrogens is 2. The zero-order valence-electron chi connectivity index (χ0n) is 16.6. The number of methoxy groups -OCH3 is 1. The number of ether oxygens (including phenoxy) is 1. The molecule has 2 aromatic heterocycles. The lowest BCUT2D eigenvalue weighted by Crippen LogP contribution is -2.18. The van der Waals surface area contributed by atoms with Gasteiger partial charge in [-0.15, -0.1) is 23.1 Å². The lowest BCUT2D eigenvalue weighted by atomic mass is 10.1. The SMILES string of the molecule is COC(=O)c1cc(-c2csc(NC(=O)C(Sc3ccccc3)c3ccccc3)n2)c[nH]1. The number of aromatic amines is 1. The molecule has 0 aliphatic rings. The van der Waals surface area contributed by atoms with Crippen LogP contribution in [-0.2, 0) is 9.53 Å². The first-order valence-corrected chi connectivity index (χ1v) is 11.2. The van der Waals surface area contributed by atoms with Crippen molar-refractivity contribution >= 4 is 40.1 Å². The fraction of sp³-hybridized carbons (Fsp3) is 0.0870. The van der Waals surface area contributed by atoms with Gasteiger partial charge in [-0.2, -0.15) is 0 Å². The van der Waals surface area contributed by atoms with Crippen molar-refractivity contribution in [3.05, 3.63) is 89.6 Å². The van der Waals surface area contributed by atoms with Crippen molar-refractivity contribution in [1.29, 1.82) is 0 Å². The van der Waals surface area contributed by atoms with E-state index in [0.29, 0.717) is 16.5 Å². The Morgan fingerprint density at radius 3 is 2.52 bits per heavy atom. The lowest BCUT2D eigenvalue weighted by molar-refractivity contribution is -0.115. The van der Waals surface area contributed by atoms with Crippen molar-refractivity contribution in [2.45, 2.75) is 10.1 Å². The van der Waals surface area contributed by atoms with Crippen LogP contribution in [0.2, 0.25) is 0 Å². The van der Waals surface area contributed by atoms with Gasteiger partial charge >= 0.3 is 5.97 Å². The van der Waals surface area contributed by atoms with Gasteiger partial charge in [0.1, 0.15) is 10.9 Å². The highest BCUT2D eigenvalue weighted by Crippen LogP contribution is 2.36. The van der Waals surface area contributed by atoms with E-state index < -0.39 is 11.2 Å². The average Bonchev–Trinajstić information content (AvgIpc) is 3.48. The van der Waals surface area contributed by atoms with E-state index in [-0.39, 0.29) is 5.91 Å². The number of thiazole rings is 1. The van der Waals surface area contributed by atoms with E-state index in [1.807, 2.05) is 66.0 Å². The summed E-state index contributed by atoms with van der Waals surface area (Å²) in [5, 5.41) is 4.85. The van der Waals surface area contributed by atoms with Crippen LogP contribution in [0.4, 0.5) is 5.13 Å². The topological polar surface area (TPSA) is 84.1 Å². The highest BCUT2D eigenvalue weighted by Gasteiger charge is 2.23. The van der Waals surface area contributed by atoms with Gasteiger partial charge in [0, 0.05) is 22.0 Å². The Kier molecular flexibility index (Phi) is 6.49. The summed E-state index contributed by atoms with van der Waals surface area (Å²) in [5.41, 5.74) is 2.67. The molecule has 31 heavy (non-hydrogen) atoms. The summed E-state index contributed by atoms with van der Waals surface area (Å²) < 4.78 is 4.71. The van der Waals surface area contributed by atoms with Crippen molar-refractivity contribution in [2.24, 2.45) is 0 Å². The third-order valence-corrected chi connectivity index (χ3v) is 6.48. The molecule has 1 unspecified atom stereocenters. The zero-order chi connectivity index (χ0) is 21.6. The lowest BCUT2D eigenvalue weighted by Gasteiger charge is -2.16. The maximum atomic E-state index is 13.2. The van der Waals surface area contributed by atoms with Crippen molar-refractivity contribution < 1.29 is 14.3 Å². The van der Waals surface area contributed by atoms with Crippen LogP contribution >= 0.6 is 23.1 Å². The number of hydrogen-bond donors (Lipinski definition) is 2. The van der Waals surface area contributed by atoms with E-state index in [4.69, 9.17) is 4.74 Å². The monoisotopic (exact) mass is 449 g/mol. The first kappa shape index (κ1) is 20.9. The second kappa shape index (κ2) is 9.63. The average molecular weight is 450 g/mol. The minimum absolute atomic E-state index is 0.148. The van der Waals surface area contributed by atoms with Gasteiger partial charge in [0.05, 0.1) is 12.8 Å². The first-order valence-electron chi connectivity index (χ1n) is 9.44. The molecule has 156 valence electrons. The quantitative estimate of drug-likeness (QED) is 0.292. The molecule has 1 amide bonds. The number of carbonyl (C=O) groups excluding carboxylic acids is 2. The Bertz CT molecular complexity index is 1170. The minimum Gasteiger partial charge on any atom is -0.464 e. The fourth-order valence-electron chi connectivity index (χ4n) is 2.94. The third-order valence-electron chi connectivity index (χ3n) is 4.46. The smallest absolute Gasteiger partial charge is 0.354 e. The van der Waals surface area contributed by atoms with E-state index in [1.165, 1.54) is 30.2 Å². The molecule has 2 N–H and O–H groups in total. The predicted octanol–water partition coefficient (Wildman–Crippen LogP) is 5.40. The normalized spacial score (nSPS) is 11.6. The molecule has 2 aromatic carbocycles. The molecule has 0 radical (unpaired) electrons. The molecule has 6 nitrogen and oxygen atoms in total. The van der Waals surface area contributed by atoms with Crippen molar-refractivity contribution in [3.63, 3.8) is 0 Å². The summed E-state index contributed by atoms with van der Waals surface area (Å²) in [5.74, 6) is -0.594. The second-order valence-corrected chi connectivity index (χ2v) is 8.58. The predicted molar refractivity (Wildman–Crippen MR) is 123 cm³/mol. The van der Waals surface area contributed by atoms with Gasteiger partial charge in [-0.1, -0.05) is 48.5 Å². The molecule has 0 aliphatic heterocycles. The highest BCUT2D eigenvalue weighted by atomic mass is 32.2. The fourth-order valence-corrected chi connectivity index (χ4v) is 4.71. The first-order chi connectivity index (χ1) is 15.1. The van der Waals surface area contributed by atoms with Crippen LogP contribution in [0.15, 0.2) is 83.2 Å². The summed E-state index contributed by atoms with van der Waals surface area (Å²) in [6, 6.07) is 21.2. The molecule has 0 saturated heterocycles. The van der Waals surface area contributed by atoms with E-state index >= 15 is 0 Å². The Morgan fingerprint density at radius 1 is 1.10 bits per heavy atom. The molecular weight excluding hydrogens is 430 g/mol. The number of benzene rings is 2.